The first-order valence-electron chi connectivity index (χ1n) is 13.9. The van der Waals surface area contributed by atoms with Gasteiger partial charge in [0, 0.05) is 0 Å². The maximum absolute atomic E-state index is 5.48. The summed E-state index contributed by atoms with van der Waals surface area (Å²) in [5.74, 6) is 0. The average Bonchev–Trinajstić information content (AvgIpc) is 3.08. The molecule has 6 rings (SSSR count). The predicted octanol–water partition coefficient (Wildman–Crippen LogP) is 4.49. The summed E-state index contributed by atoms with van der Waals surface area (Å²) in [6.07, 6.45) is 0. The van der Waals surface area contributed by atoms with Crippen LogP contribution in [0.4, 0.5) is 0 Å². The third kappa shape index (κ3) is 5.08. The Hall–Kier alpha value is -4.87. The Bertz CT molecular complexity index is 1410. The Balaban J connectivity index is 1.68. The maximum Gasteiger partial charge on any atom is 0.287 e. The molecule has 41 heavy (non-hydrogen) atoms. The van der Waals surface area contributed by atoms with Crippen LogP contribution >= 0.6 is 0 Å². The molecule has 0 fully saturated rings. The maximum atomic E-state index is 5.48. The van der Waals surface area contributed by atoms with Crippen molar-refractivity contribution in [1.29, 1.82) is 0 Å². The van der Waals surface area contributed by atoms with E-state index in [1.807, 2.05) is 0 Å². The summed E-state index contributed by atoms with van der Waals surface area (Å²) in [5.41, 5.74) is 0. The van der Waals surface area contributed by atoms with Gasteiger partial charge in [0.05, 0.1) is 6.01 Å². The van der Waals surface area contributed by atoms with Gasteiger partial charge in [-0.05, 0) is 31.1 Å². The van der Waals surface area contributed by atoms with Gasteiger partial charge in [-0.2, -0.15) is 0 Å². The summed E-state index contributed by atoms with van der Waals surface area (Å²) in [4.78, 5) is 0. The fourth-order valence-corrected chi connectivity index (χ4v) is 13.0. The van der Waals surface area contributed by atoms with E-state index in [4.69, 9.17) is 9.32 Å². The minimum atomic E-state index is -2.88. The number of hydrogen-bond donors (Lipinski definition) is 0. The van der Waals surface area contributed by atoms with Crippen LogP contribution < -0.4 is 31.1 Å². The fraction of sp³-hybridized carbons (Fsp3) is 0. The van der Waals surface area contributed by atoms with Gasteiger partial charge in [0.1, 0.15) is 0 Å². The minimum absolute atomic E-state index is 1.20. The molecule has 0 aliphatic rings. The van der Waals surface area contributed by atoms with Crippen molar-refractivity contribution in [1.82, 2.24) is 0 Å². The molecule has 0 radical (unpaired) electrons. The Morgan fingerprint density at radius 1 is 0.268 bits per heavy atom. The molecular weight excluding hydrogens is 529 g/mol. The van der Waals surface area contributed by atoms with Crippen LogP contribution in [0.15, 0.2) is 191 Å². The molecule has 0 amide bonds. The molecule has 0 spiro atoms. The first kappa shape index (κ1) is 26.4. The van der Waals surface area contributed by atoms with Gasteiger partial charge < -0.3 is 0 Å². The van der Waals surface area contributed by atoms with E-state index in [-0.39, 0.29) is 0 Å². The van der Waals surface area contributed by atoms with E-state index in [0.717, 1.165) is 0 Å². The zero-order valence-electron chi connectivity index (χ0n) is 22.7. The molecule has 0 saturated carbocycles. The molecule has 0 saturated heterocycles. The molecule has 6 aromatic rings. The standard InChI is InChI=1S/C37H30N2Si2/c1-7-19-32(20-8-1)40(33-21-9-2-10-22-33,34-23-11-3-12-24-34)38-31-39-41(35-25-13-4-14-26-35,36-27-15-5-16-28-36)37-29-17-6-18-30-37/h1-30H. The number of nitrogens with zero attached hydrogens (tertiary/aromatic N) is 2. The molecule has 4 heteroatoms. The topological polar surface area (TPSA) is 24.7 Å². The summed E-state index contributed by atoms with van der Waals surface area (Å²) in [7, 11) is -5.77. The van der Waals surface area contributed by atoms with Crippen molar-refractivity contribution in [2.45, 2.75) is 0 Å². The monoisotopic (exact) mass is 558 g/mol. The summed E-state index contributed by atoms with van der Waals surface area (Å²) in [5, 5.41) is 7.20. The van der Waals surface area contributed by atoms with Crippen LogP contribution in [0.1, 0.15) is 0 Å². The Kier molecular flexibility index (Phi) is 7.79. The molecule has 0 aromatic heterocycles. The van der Waals surface area contributed by atoms with Gasteiger partial charge in [-0.1, -0.05) is 182 Å². The molecule has 0 aliphatic heterocycles. The van der Waals surface area contributed by atoms with E-state index in [9.17, 15) is 0 Å². The van der Waals surface area contributed by atoms with Gasteiger partial charge in [0.2, 0.25) is 0 Å². The molecule has 0 aliphatic carbocycles. The zero-order chi connectivity index (χ0) is 27.8. The van der Waals surface area contributed by atoms with Gasteiger partial charge in [-0.15, -0.1) is 0 Å². The molecule has 0 heterocycles. The SMILES string of the molecule is C(=N[Si](c1ccccc1)(c1ccccc1)c1ccccc1)=N[Si](c1ccccc1)(c1ccccc1)c1ccccc1. The highest BCUT2D eigenvalue weighted by atomic mass is 28.3. The van der Waals surface area contributed by atoms with Gasteiger partial charge in [-0.3, -0.25) is 9.32 Å². The highest BCUT2D eigenvalue weighted by Crippen LogP contribution is 2.12. The van der Waals surface area contributed by atoms with Crippen LogP contribution in [0.25, 0.3) is 0 Å². The molecule has 0 unspecified atom stereocenters. The molecule has 2 nitrogen and oxygen atoms in total. The summed E-state index contributed by atoms with van der Waals surface area (Å²) >= 11 is 0. The Morgan fingerprint density at radius 3 is 0.610 bits per heavy atom. The average molecular weight is 559 g/mol. The second-order valence-corrected chi connectivity index (χ2v) is 16.7. The summed E-state index contributed by atoms with van der Waals surface area (Å²) in [6, 6.07) is 67.5. The number of hydrogen-bond acceptors (Lipinski definition) is 2. The van der Waals surface area contributed by atoms with Crippen LogP contribution in [0.3, 0.4) is 0 Å². The highest BCUT2D eigenvalue weighted by Gasteiger charge is 2.42. The Labute approximate surface area is 244 Å². The van der Waals surface area contributed by atoms with Crippen molar-refractivity contribution in [3.8, 4) is 0 Å². The van der Waals surface area contributed by atoms with Gasteiger partial charge in [-0.25, -0.2) is 0 Å². The molecule has 196 valence electrons. The largest absolute Gasteiger partial charge is 0.287 e. The van der Waals surface area contributed by atoms with Crippen molar-refractivity contribution in [3.05, 3.63) is 182 Å². The normalized spacial score (nSPS) is 11.3. The molecular formula is C37H30N2Si2. The van der Waals surface area contributed by atoms with Crippen LogP contribution in [-0.4, -0.2) is 22.5 Å². The van der Waals surface area contributed by atoms with Gasteiger partial charge >= 0.3 is 0 Å². The third-order valence-electron chi connectivity index (χ3n) is 7.58. The first-order chi connectivity index (χ1) is 20.3. The van der Waals surface area contributed by atoms with E-state index >= 15 is 0 Å². The Morgan fingerprint density at radius 2 is 0.439 bits per heavy atom. The van der Waals surface area contributed by atoms with Gasteiger partial charge in [0.15, 0.2) is 0 Å². The van der Waals surface area contributed by atoms with Crippen molar-refractivity contribution in [2.24, 2.45) is 9.32 Å². The van der Waals surface area contributed by atoms with Crippen molar-refractivity contribution >= 4 is 53.6 Å². The molecule has 0 bridgehead atoms. The third-order valence-corrected chi connectivity index (χ3v) is 15.5. The summed E-state index contributed by atoms with van der Waals surface area (Å²) in [6.45, 7) is 0. The quantitative estimate of drug-likeness (QED) is 0.149. The molecule has 0 atom stereocenters. The highest BCUT2D eigenvalue weighted by molar-refractivity contribution is 7.12. The number of benzene rings is 6. The minimum Gasteiger partial charge on any atom is -0.250 e. The van der Waals surface area contributed by atoms with E-state index in [1.165, 1.54) is 31.1 Å². The van der Waals surface area contributed by atoms with Crippen molar-refractivity contribution in [3.63, 3.8) is 0 Å². The van der Waals surface area contributed by atoms with E-state index in [2.05, 4.69) is 188 Å². The second-order valence-electron chi connectivity index (χ2n) is 9.94. The van der Waals surface area contributed by atoms with Crippen LogP contribution in [0.5, 0.6) is 0 Å². The first-order valence-corrected chi connectivity index (χ1v) is 17.8. The lowest BCUT2D eigenvalue weighted by molar-refractivity contribution is 1.58. The molecule has 0 N–H and O–H groups in total. The van der Waals surface area contributed by atoms with Crippen molar-refractivity contribution in [2.75, 3.05) is 0 Å². The lowest BCUT2D eigenvalue weighted by atomic mass is 10.3. The van der Waals surface area contributed by atoms with Crippen LogP contribution in [0, 0.1) is 0 Å². The fourth-order valence-electron chi connectivity index (χ4n) is 5.64. The number of rotatable bonds is 8. The van der Waals surface area contributed by atoms with Crippen LogP contribution in [-0.2, 0) is 0 Å². The van der Waals surface area contributed by atoms with E-state index < -0.39 is 16.5 Å². The lowest BCUT2D eigenvalue weighted by Gasteiger charge is -2.29. The second kappa shape index (κ2) is 12.1. The zero-order valence-corrected chi connectivity index (χ0v) is 24.7. The van der Waals surface area contributed by atoms with Crippen molar-refractivity contribution < 1.29 is 0 Å². The smallest absolute Gasteiger partial charge is 0.250 e. The van der Waals surface area contributed by atoms with E-state index in [0.29, 0.717) is 0 Å². The summed E-state index contributed by atoms with van der Waals surface area (Å²) < 4.78 is 11.0. The lowest BCUT2D eigenvalue weighted by Crippen LogP contribution is -2.67. The van der Waals surface area contributed by atoms with E-state index in [1.54, 1.807) is 0 Å². The molecule has 6 aromatic carbocycles. The predicted molar refractivity (Wildman–Crippen MR) is 178 cm³/mol. The van der Waals surface area contributed by atoms with Gasteiger partial charge in [0.25, 0.3) is 16.5 Å². The van der Waals surface area contributed by atoms with Crippen LogP contribution in [0.2, 0.25) is 0 Å².